The molecule has 10 atom stereocenters. The number of carbonyl (C=O) groups excluding carboxylic acids is 4. The number of amides is 3. The third-order valence-corrected chi connectivity index (χ3v) is 10.8. The summed E-state index contributed by atoms with van der Waals surface area (Å²) in [4.78, 5) is 50.2. The third-order valence-electron chi connectivity index (χ3n) is 10.8. The summed E-state index contributed by atoms with van der Waals surface area (Å²) in [5, 5.41) is 107. The van der Waals surface area contributed by atoms with Gasteiger partial charge in [0, 0.05) is 38.3 Å². The molecule has 26 heteroatoms. The molecule has 1 aromatic rings. The molecule has 0 saturated heterocycles. The lowest BCUT2D eigenvalue weighted by Gasteiger charge is -2.33. The average molecular weight is 1040 g/mol. The van der Waals surface area contributed by atoms with Gasteiger partial charge in [0.15, 0.2) is 1.37 Å². The highest BCUT2D eigenvalue weighted by Crippen LogP contribution is 2.14. The van der Waals surface area contributed by atoms with E-state index >= 15 is 0 Å². The van der Waals surface area contributed by atoms with Crippen molar-refractivity contribution in [2.45, 2.75) is 107 Å². The minimum atomic E-state index is -1.90. The first kappa shape index (κ1) is 64.5. The van der Waals surface area contributed by atoms with E-state index in [0.717, 1.165) is 0 Å². The van der Waals surface area contributed by atoms with E-state index in [1.165, 1.54) is 4.90 Å². The van der Waals surface area contributed by atoms with E-state index in [9.17, 15) is 60.0 Å². The molecule has 0 radical (unpaired) electrons. The molecule has 0 aliphatic rings. The molecule has 0 heterocycles. The number of aliphatic hydroxyl groups is 10. The molecule has 0 fully saturated rings. The lowest BCUT2D eigenvalue weighted by molar-refractivity contribution is -0.131. The van der Waals surface area contributed by atoms with Gasteiger partial charge in [0.05, 0.1) is 111 Å². The second-order valence-corrected chi connectivity index (χ2v) is 17.0. The predicted octanol–water partition coefficient (Wildman–Crippen LogP) is -5.28. The number of anilines is 1. The summed E-state index contributed by atoms with van der Waals surface area (Å²) >= 11 is 0. The predicted molar refractivity (Wildman–Crippen MR) is 256 cm³/mol. The Balaban J connectivity index is 2.18. The lowest BCUT2D eigenvalue weighted by atomic mass is 10.0. The van der Waals surface area contributed by atoms with Gasteiger partial charge in [0.2, 0.25) is 17.7 Å². The third kappa shape index (κ3) is 29.9. The lowest BCUT2D eigenvalue weighted by Crippen LogP contribution is -2.53. The molecular weight excluding hydrogens is 959 g/mol. The van der Waals surface area contributed by atoms with Crippen molar-refractivity contribution in [1.29, 1.82) is 0 Å². The van der Waals surface area contributed by atoms with Crippen molar-refractivity contribution in [2.75, 3.05) is 124 Å². The van der Waals surface area contributed by atoms with Gasteiger partial charge >= 0.3 is 0 Å². The van der Waals surface area contributed by atoms with Crippen LogP contribution in [-0.2, 0) is 58.9 Å². The fourth-order valence-electron chi connectivity index (χ4n) is 6.34. The summed E-state index contributed by atoms with van der Waals surface area (Å²) < 4.78 is 44.4. The van der Waals surface area contributed by atoms with Gasteiger partial charge in [-0.25, -0.2) is 0 Å². The number of ether oxygens (including phenoxy) is 7. The van der Waals surface area contributed by atoms with Gasteiger partial charge in [-0.3, -0.25) is 24.1 Å². The molecule has 0 spiro atoms. The number of carbonyl (C=O) groups is 4. The quantitative estimate of drug-likeness (QED) is 0.0214. The highest BCUT2D eigenvalue weighted by molar-refractivity contribution is 5.97. The van der Waals surface area contributed by atoms with Crippen LogP contribution in [0.25, 0.3) is 0 Å². The normalized spacial score (nSPS) is 16.2. The fourth-order valence-corrected chi connectivity index (χ4v) is 6.34. The Bertz CT molecular complexity index is 1580. The molecule has 0 aromatic heterocycles. The first-order valence-corrected chi connectivity index (χ1v) is 24.0. The largest absolute Gasteiger partial charge is 0.463 e. The number of aliphatic hydroxyl groups excluding tert-OH is 10. The highest BCUT2D eigenvalue weighted by Gasteiger charge is 2.34. The maximum Gasteiger partial charge on any atom is 0.293 e. The molecule has 0 aliphatic carbocycles. The molecule has 1 aromatic carbocycles. The maximum atomic E-state index is 13.2. The van der Waals surface area contributed by atoms with Crippen molar-refractivity contribution in [3.63, 3.8) is 0 Å². The van der Waals surface area contributed by atoms with Crippen LogP contribution in [0, 0.1) is 5.92 Å². The molecule has 0 unspecified atom stereocenters. The molecule has 418 valence electrons. The van der Waals surface area contributed by atoms with Crippen LogP contribution in [0.1, 0.15) is 46.5 Å². The minimum Gasteiger partial charge on any atom is -0.463 e. The van der Waals surface area contributed by atoms with Crippen LogP contribution >= 0.6 is 0 Å². The second-order valence-electron chi connectivity index (χ2n) is 17.0. The molecule has 26 nitrogen and oxygen atoms in total. The van der Waals surface area contributed by atoms with Crippen LogP contribution in [0.15, 0.2) is 24.3 Å². The van der Waals surface area contributed by atoms with Gasteiger partial charge in [-0.2, -0.15) is 0 Å². The molecule has 15 N–H and O–H groups in total. The average Bonchev–Trinajstić information content (AvgIpc) is 3.37. The Morgan fingerprint density at radius 2 is 1.10 bits per heavy atom. The second kappa shape index (κ2) is 40.7. The van der Waals surface area contributed by atoms with Crippen LogP contribution in [0.3, 0.4) is 0 Å². The first-order valence-electron chi connectivity index (χ1n) is 24.5. The van der Waals surface area contributed by atoms with E-state index in [1.807, 2.05) is 0 Å². The summed E-state index contributed by atoms with van der Waals surface area (Å²) in [7, 11) is 0. The number of nitrogens with zero attached hydrogens (tertiary/aromatic N) is 1. The molecule has 0 saturated carbocycles. The zero-order chi connectivity index (χ0) is 54.6. The van der Waals surface area contributed by atoms with Crippen molar-refractivity contribution in [1.82, 2.24) is 15.5 Å². The van der Waals surface area contributed by atoms with Crippen LogP contribution < -0.4 is 21.7 Å². The van der Waals surface area contributed by atoms with Crippen LogP contribution in [0.2, 0.25) is 0 Å². The number of nitrogens with one attached hydrogen (secondary N) is 3. The van der Waals surface area contributed by atoms with Crippen LogP contribution in [0.4, 0.5) is 5.69 Å². The van der Waals surface area contributed by atoms with E-state index in [1.54, 1.807) is 38.1 Å². The number of hydrogen-bond acceptors (Lipinski definition) is 23. The van der Waals surface area contributed by atoms with Crippen molar-refractivity contribution in [3.05, 3.63) is 29.8 Å². The Morgan fingerprint density at radius 3 is 1.54 bits per heavy atom. The Kier molecular flexibility index (Phi) is 36.5. The van der Waals surface area contributed by atoms with Crippen molar-refractivity contribution in [2.24, 2.45) is 11.7 Å². The first-order chi connectivity index (χ1) is 34.8. The van der Waals surface area contributed by atoms with Gasteiger partial charge < -0.3 is 106 Å². The van der Waals surface area contributed by atoms with Gasteiger partial charge in [-0.1, -0.05) is 26.0 Å². The van der Waals surface area contributed by atoms with Crippen LogP contribution in [0.5, 0.6) is 0 Å². The molecule has 0 bridgehead atoms. The van der Waals surface area contributed by atoms with E-state index in [2.05, 4.69) is 20.7 Å². The highest BCUT2D eigenvalue weighted by atomic mass is 16.6. The Labute approximate surface area is 422 Å². The van der Waals surface area contributed by atoms with E-state index in [-0.39, 0.29) is 77.6 Å². The molecule has 1 rings (SSSR count). The molecular formula is C46H83N5O21. The Hall–Kier alpha value is -3.62. The smallest absolute Gasteiger partial charge is 0.293 e. The van der Waals surface area contributed by atoms with Crippen LogP contribution in [-0.4, -0.2) is 260 Å². The van der Waals surface area contributed by atoms with Gasteiger partial charge in [0.25, 0.3) is 6.45 Å². The standard InChI is InChI=1S/C46H83N5O21/c1-31(2)40(47)46(65)50-34(45(64)49-33-8-6-32(7-9-33)29-72-30-54)5-3-4-11-48-39(59)10-13-66-15-17-68-19-21-70-23-24-71-22-20-69-18-16-67-14-12-51(25-35(55)41(60)43(62)37(57)27-52)26-36(56)42(61)44(63)38(58)28-53/h6-9,30-31,34-38,40-44,52-53,55-58,60-63H,3-5,10-29,47H2,1-2H3,(H,48,59)(H,49,64)(H,50,65)/t34-,35-,36-,37+,38+,40-,41+,42+,43+,44+/m0/s1/i30D. The number of benzene rings is 1. The molecule has 72 heavy (non-hydrogen) atoms. The van der Waals surface area contributed by atoms with E-state index in [0.29, 0.717) is 70.1 Å². The summed E-state index contributed by atoms with van der Waals surface area (Å²) in [6.07, 6.45) is -14.1. The topological polar surface area (TPSA) is 401 Å². The number of hydrogen-bond donors (Lipinski definition) is 14. The van der Waals surface area contributed by atoms with Crippen molar-refractivity contribution < 1.29 is 105 Å². The number of unbranched alkanes of at least 4 members (excludes halogenated alkanes) is 1. The van der Waals surface area contributed by atoms with E-state index < -0.39 is 105 Å². The van der Waals surface area contributed by atoms with Gasteiger partial charge in [-0.05, 0) is 42.9 Å². The fraction of sp³-hybridized carbons (Fsp3) is 0.783. The monoisotopic (exact) mass is 1040 g/mol. The SMILES string of the molecule is [2H]C(=O)OCc1ccc(NC(=O)[C@H](CCCCNC(=O)CCOCCOCCOCCOCCOCCOCCN(C[C@H](O)[C@@H](O)[C@H](O)[C@H](O)CO)C[C@H](O)[C@@H](O)[C@H](O)[C@H](O)CO)NC(=O)[C@@H](N)C(C)C)cc1. The van der Waals surface area contributed by atoms with Gasteiger partial charge in [0.1, 0.15) is 49.3 Å². The summed E-state index contributed by atoms with van der Waals surface area (Å²) in [5.41, 5.74) is 7.09. The summed E-state index contributed by atoms with van der Waals surface area (Å²) in [6.45, 7) is 4.24. The number of rotatable bonds is 45. The summed E-state index contributed by atoms with van der Waals surface area (Å²) in [6, 6.07) is 4.81. The van der Waals surface area contributed by atoms with Crippen molar-refractivity contribution >= 4 is 29.9 Å². The molecule has 3 amide bonds. The zero-order valence-corrected chi connectivity index (χ0v) is 41.4. The Morgan fingerprint density at radius 1 is 0.653 bits per heavy atom. The maximum absolute atomic E-state index is 13.2. The minimum absolute atomic E-state index is 0.00538. The van der Waals surface area contributed by atoms with E-state index in [4.69, 9.17) is 45.7 Å². The molecule has 0 aliphatic heterocycles. The number of nitrogens with two attached hydrogens (primary N) is 1. The van der Waals surface area contributed by atoms with Crippen molar-refractivity contribution in [3.8, 4) is 0 Å². The summed E-state index contributed by atoms with van der Waals surface area (Å²) in [5.74, 6) is -1.25. The zero-order valence-electron chi connectivity index (χ0n) is 42.4. The van der Waals surface area contributed by atoms with Gasteiger partial charge in [-0.15, -0.1) is 0 Å².